The molecule has 29 heavy (non-hydrogen) atoms. The highest BCUT2D eigenvalue weighted by atomic mass is 35.5. The Hall–Kier alpha value is -1.81. The molecule has 2 aromatic rings. The Morgan fingerprint density at radius 1 is 1.21 bits per heavy atom. The first-order chi connectivity index (χ1) is 13.6. The van der Waals surface area contributed by atoms with Gasteiger partial charge in [0.2, 0.25) is 10.0 Å². The number of hydrogen-bond acceptors (Lipinski definition) is 4. The molecule has 10 heteroatoms. The summed E-state index contributed by atoms with van der Waals surface area (Å²) in [5, 5.41) is 0.624. The number of benzene rings is 2. The molecule has 1 aliphatic heterocycles. The molecule has 0 N–H and O–H groups in total. The Balaban J connectivity index is 1.74. The molecule has 1 unspecified atom stereocenters. The van der Waals surface area contributed by atoms with Gasteiger partial charge in [-0.2, -0.15) is 4.31 Å². The number of hydrogen-bond donors (Lipinski definition) is 0. The van der Waals surface area contributed by atoms with E-state index in [1.807, 2.05) is 18.2 Å². The van der Waals surface area contributed by atoms with Crippen molar-refractivity contribution in [2.24, 2.45) is 0 Å². The smallest absolute Gasteiger partial charge is 0.404 e. The zero-order chi connectivity index (χ0) is 21.2. The molecule has 0 spiro atoms. The summed E-state index contributed by atoms with van der Waals surface area (Å²) in [6, 6.07) is 11.8. The number of rotatable bonds is 6. The summed E-state index contributed by atoms with van der Waals surface area (Å²) in [5.41, 5.74) is 1.01. The fourth-order valence-electron chi connectivity index (χ4n) is 3.37. The van der Waals surface area contributed by atoms with E-state index in [2.05, 4.69) is 9.64 Å². The minimum Gasteiger partial charge on any atom is -0.404 e. The number of alkyl halides is 3. The fraction of sp³-hybridized carbons (Fsp3) is 0.368. The van der Waals surface area contributed by atoms with Gasteiger partial charge in [-0.05, 0) is 36.2 Å². The van der Waals surface area contributed by atoms with Crippen molar-refractivity contribution in [2.45, 2.75) is 30.3 Å². The highest BCUT2D eigenvalue weighted by Crippen LogP contribution is 2.32. The Morgan fingerprint density at radius 2 is 1.93 bits per heavy atom. The summed E-state index contributed by atoms with van der Waals surface area (Å²) >= 11 is 6.00. The molecule has 0 radical (unpaired) electrons. The lowest BCUT2D eigenvalue weighted by atomic mass is 10.2. The van der Waals surface area contributed by atoms with E-state index in [9.17, 15) is 21.6 Å². The Labute approximate surface area is 172 Å². The van der Waals surface area contributed by atoms with Crippen LogP contribution in [0, 0.1) is 0 Å². The number of para-hydroxylation sites is 1. The van der Waals surface area contributed by atoms with Gasteiger partial charge in [0.05, 0.1) is 0 Å². The lowest BCUT2D eigenvalue weighted by molar-refractivity contribution is -0.275. The standard InChI is InChI=1S/C19H20ClF3N2O3S/c1-24(16-9-10-25(13-16)12-14-5-4-6-15(20)11-14)29(26,27)18-8-3-2-7-17(18)28-19(21,22)23/h2-8,11,16H,9-10,12-13H2,1H3. The summed E-state index contributed by atoms with van der Waals surface area (Å²) < 4.78 is 69.0. The van der Waals surface area contributed by atoms with Crippen molar-refractivity contribution in [3.63, 3.8) is 0 Å². The van der Waals surface area contributed by atoms with Gasteiger partial charge in [-0.15, -0.1) is 13.2 Å². The van der Waals surface area contributed by atoms with Gasteiger partial charge in [-0.1, -0.05) is 35.9 Å². The van der Waals surface area contributed by atoms with Crippen LogP contribution in [0.5, 0.6) is 5.75 Å². The van der Waals surface area contributed by atoms with Crippen molar-refractivity contribution < 1.29 is 26.3 Å². The molecule has 0 aromatic heterocycles. The van der Waals surface area contributed by atoms with E-state index in [-0.39, 0.29) is 6.04 Å². The first kappa shape index (κ1) is 21.9. The predicted molar refractivity (Wildman–Crippen MR) is 103 cm³/mol. The molecule has 158 valence electrons. The molecule has 2 aromatic carbocycles. The molecule has 1 saturated heterocycles. The quantitative estimate of drug-likeness (QED) is 0.666. The van der Waals surface area contributed by atoms with E-state index in [0.29, 0.717) is 31.1 Å². The second-order valence-corrected chi connectivity index (χ2v) is 9.23. The summed E-state index contributed by atoms with van der Waals surface area (Å²) in [6.07, 6.45) is -4.41. The maximum absolute atomic E-state index is 13.0. The third-order valence-electron chi connectivity index (χ3n) is 4.79. The van der Waals surface area contributed by atoms with Crippen LogP contribution in [0.3, 0.4) is 0 Å². The van der Waals surface area contributed by atoms with Gasteiger partial charge in [-0.3, -0.25) is 4.90 Å². The van der Waals surface area contributed by atoms with Crippen LogP contribution in [-0.2, 0) is 16.6 Å². The first-order valence-corrected chi connectivity index (χ1v) is 10.7. The van der Waals surface area contributed by atoms with Gasteiger partial charge in [0.1, 0.15) is 10.6 Å². The van der Waals surface area contributed by atoms with Crippen LogP contribution in [0.25, 0.3) is 0 Å². The van der Waals surface area contributed by atoms with E-state index < -0.39 is 27.0 Å². The molecular weight excluding hydrogens is 429 g/mol. The molecule has 3 rings (SSSR count). The highest BCUT2D eigenvalue weighted by molar-refractivity contribution is 7.89. The van der Waals surface area contributed by atoms with Gasteiger partial charge in [-0.25, -0.2) is 8.42 Å². The van der Waals surface area contributed by atoms with E-state index >= 15 is 0 Å². The Kier molecular flexibility index (Phi) is 6.42. The SMILES string of the molecule is CN(C1CCN(Cc2cccc(Cl)c2)C1)S(=O)(=O)c1ccccc1OC(F)(F)F. The van der Waals surface area contributed by atoms with Crippen LogP contribution in [0.2, 0.25) is 5.02 Å². The average molecular weight is 449 g/mol. The molecule has 1 heterocycles. The number of ether oxygens (including phenoxy) is 1. The summed E-state index contributed by atoms with van der Waals surface area (Å²) in [4.78, 5) is 1.58. The highest BCUT2D eigenvalue weighted by Gasteiger charge is 2.37. The summed E-state index contributed by atoms with van der Waals surface area (Å²) in [6.45, 7) is 1.74. The van der Waals surface area contributed by atoms with Gasteiger partial charge in [0.15, 0.2) is 0 Å². The Morgan fingerprint density at radius 3 is 2.62 bits per heavy atom. The molecule has 0 saturated carbocycles. The summed E-state index contributed by atoms with van der Waals surface area (Å²) in [7, 11) is -2.79. The van der Waals surface area contributed by atoms with E-state index in [1.165, 1.54) is 19.2 Å². The van der Waals surface area contributed by atoms with Crippen molar-refractivity contribution >= 4 is 21.6 Å². The third kappa shape index (κ3) is 5.42. The molecule has 1 aliphatic rings. The molecular formula is C19H20ClF3N2O3S. The topological polar surface area (TPSA) is 49.9 Å². The second-order valence-electron chi connectivity index (χ2n) is 6.82. The molecule has 1 fully saturated rings. The molecule has 0 amide bonds. The van der Waals surface area contributed by atoms with Gasteiger partial charge >= 0.3 is 6.36 Å². The molecule has 1 atom stereocenters. The fourth-order valence-corrected chi connectivity index (χ4v) is 5.07. The lowest BCUT2D eigenvalue weighted by Gasteiger charge is -2.25. The van der Waals surface area contributed by atoms with Crippen LogP contribution < -0.4 is 4.74 Å². The van der Waals surface area contributed by atoms with Gasteiger partial charge < -0.3 is 4.74 Å². The van der Waals surface area contributed by atoms with Crippen LogP contribution in [0.15, 0.2) is 53.4 Å². The third-order valence-corrected chi connectivity index (χ3v) is 6.97. The monoisotopic (exact) mass is 448 g/mol. The number of likely N-dealkylation sites (N-methyl/N-ethyl adjacent to an activating group) is 1. The van der Waals surface area contributed by atoms with Gasteiger partial charge in [0.25, 0.3) is 0 Å². The van der Waals surface area contributed by atoms with E-state index in [4.69, 9.17) is 11.6 Å². The van der Waals surface area contributed by atoms with Crippen molar-refractivity contribution in [3.05, 3.63) is 59.1 Å². The number of likely N-dealkylation sites (tertiary alicyclic amines) is 1. The maximum Gasteiger partial charge on any atom is 0.573 e. The first-order valence-electron chi connectivity index (χ1n) is 8.86. The van der Waals surface area contributed by atoms with Crippen LogP contribution in [0.1, 0.15) is 12.0 Å². The normalized spacial score (nSPS) is 18.3. The zero-order valence-electron chi connectivity index (χ0n) is 15.6. The largest absolute Gasteiger partial charge is 0.573 e. The predicted octanol–water partition coefficient (Wildman–Crippen LogP) is 4.13. The minimum atomic E-state index is -4.98. The minimum absolute atomic E-state index is 0.363. The number of nitrogens with zero attached hydrogens (tertiary/aromatic N) is 2. The van der Waals surface area contributed by atoms with Gasteiger partial charge in [0, 0.05) is 37.7 Å². The van der Waals surface area contributed by atoms with Crippen LogP contribution in [-0.4, -0.2) is 50.2 Å². The zero-order valence-corrected chi connectivity index (χ0v) is 17.1. The molecule has 0 aliphatic carbocycles. The lowest BCUT2D eigenvalue weighted by Crippen LogP contribution is -2.39. The van der Waals surface area contributed by atoms with Crippen LogP contribution >= 0.6 is 11.6 Å². The van der Waals surface area contributed by atoms with Crippen molar-refractivity contribution in [2.75, 3.05) is 20.1 Å². The van der Waals surface area contributed by atoms with E-state index in [0.717, 1.165) is 22.0 Å². The molecule has 0 bridgehead atoms. The Bertz CT molecular complexity index is 969. The summed E-state index contributed by atoms with van der Waals surface area (Å²) in [5.74, 6) is -0.736. The molecule has 5 nitrogen and oxygen atoms in total. The average Bonchev–Trinajstić information content (AvgIpc) is 3.08. The van der Waals surface area contributed by atoms with Crippen molar-refractivity contribution in [1.82, 2.24) is 9.21 Å². The second kappa shape index (κ2) is 8.51. The van der Waals surface area contributed by atoms with E-state index in [1.54, 1.807) is 6.07 Å². The number of halogens is 4. The van der Waals surface area contributed by atoms with Crippen molar-refractivity contribution in [3.8, 4) is 5.75 Å². The number of sulfonamides is 1. The maximum atomic E-state index is 13.0. The van der Waals surface area contributed by atoms with Crippen molar-refractivity contribution in [1.29, 1.82) is 0 Å². The van der Waals surface area contributed by atoms with Crippen LogP contribution in [0.4, 0.5) is 13.2 Å².